The van der Waals surface area contributed by atoms with Crippen molar-refractivity contribution in [2.24, 2.45) is 0 Å². The van der Waals surface area contributed by atoms with Gasteiger partial charge < -0.3 is 0 Å². The van der Waals surface area contributed by atoms with E-state index >= 15 is 0 Å². The maximum Gasteiger partial charge on any atom is 0.0935 e. The fourth-order valence-electron chi connectivity index (χ4n) is 1.57. The van der Waals surface area contributed by atoms with Crippen LogP contribution in [0.25, 0.3) is 10.2 Å². The molecule has 0 amide bonds. The second kappa shape index (κ2) is 3.11. The zero-order valence-corrected chi connectivity index (χ0v) is 9.03. The van der Waals surface area contributed by atoms with E-state index in [2.05, 4.69) is 37.9 Å². The van der Waals surface area contributed by atoms with Crippen LogP contribution in [0.4, 0.5) is 0 Å². The minimum absolute atomic E-state index is 1.04. The number of nitrogens with zero attached hydrogens (tertiary/aromatic N) is 1. The van der Waals surface area contributed by atoms with E-state index in [0.29, 0.717) is 0 Å². The quantitative estimate of drug-likeness (QED) is 0.672. The number of aromatic nitrogens is 1. The molecule has 0 spiro atoms. The molecule has 1 heterocycles. The summed E-state index contributed by atoms with van der Waals surface area (Å²) < 4.78 is 1.35. The molecular weight excluding hydrogens is 178 g/mol. The first-order valence-electron chi connectivity index (χ1n) is 4.57. The van der Waals surface area contributed by atoms with Gasteiger partial charge in [0.1, 0.15) is 0 Å². The third kappa shape index (κ3) is 1.46. The summed E-state index contributed by atoms with van der Waals surface area (Å²) in [6, 6.07) is 4.39. The lowest BCUT2D eigenvalue weighted by Gasteiger charge is -1.95. The van der Waals surface area contributed by atoms with Crippen LogP contribution in [0.2, 0.25) is 0 Å². The molecule has 0 saturated heterocycles. The molecule has 2 rings (SSSR count). The summed E-state index contributed by atoms with van der Waals surface area (Å²) in [5.74, 6) is 0. The highest BCUT2D eigenvalue weighted by Crippen LogP contribution is 2.26. The van der Waals surface area contributed by atoms with Gasteiger partial charge in [0.05, 0.1) is 15.2 Å². The van der Waals surface area contributed by atoms with E-state index in [1.165, 1.54) is 26.4 Å². The van der Waals surface area contributed by atoms with Gasteiger partial charge in [-0.3, -0.25) is 0 Å². The summed E-state index contributed by atoms with van der Waals surface area (Å²) in [4.78, 5) is 4.57. The first-order chi connectivity index (χ1) is 6.20. The predicted molar refractivity (Wildman–Crippen MR) is 58.5 cm³/mol. The maximum absolute atomic E-state index is 4.57. The Labute approximate surface area is 82.4 Å². The molecule has 2 aromatic rings. The molecule has 0 aliphatic heterocycles. The number of benzene rings is 1. The SMILES string of the molecule is CCc1nc2cc(C)cc(C)c2s1. The topological polar surface area (TPSA) is 12.9 Å². The Morgan fingerprint density at radius 2 is 2.08 bits per heavy atom. The van der Waals surface area contributed by atoms with Gasteiger partial charge in [-0.25, -0.2) is 4.98 Å². The summed E-state index contributed by atoms with van der Waals surface area (Å²) in [6.45, 7) is 6.43. The highest BCUT2D eigenvalue weighted by molar-refractivity contribution is 7.18. The number of rotatable bonds is 1. The van der Waals surface area contributed by atoms with Crippen LogP contribution in [0.1, 0.15) is 23.1 Å². The molecular formula is C11H13NS. The van der Waals surface area contributed by atoms with Crippen molar-refractivity contribution in [2.45, 2.75) is 27.2 Å². The molecule has 0 N–H and O–H groups in total. The smallest absolute Gasteiger partial charge is 0.0935 e. The van der Waals surface area contributed by atoms with Gasteiger partial charge in [0.15, 0.2) is 0 Å². The lowest BCUT2D eigenvalue weighted by molar-refractivity contribution is 1.11. The second-order valence-corrected chi connectivity index (χ2v) is 4.47. The van der Waals surface area contributed by atoms with E-state index in [0.717, 1.165) is 6.42 Å². The molecule has 0 aliphatic carbocycles. The number of hydrogen-bond acceptors (Lipinski definition) is 2. The Kier molecular flexibility index (Phi) is 2.08. The molecule has 13 heavy (non-hydrogen) atoms. The van der Waals surface area contributed by atoms with Gasteiger partial charge in [0.25, 0.3) is 0 Å². The Morgan fingerprint density at radius 3 is 2.77 bits per heavy atom. The number of aryl methyl sites for hydroxylation is 3. The lowest BCUT2D eigenvalue weighted by Crippen LogP contribution is -1.78. The van der Waals surface area contributed by atoms with Crippen LogP contribution in [0.15, 0.2) is 12.1 Å². The van der Waals surface area contributed by atoms with E-state index in [1.807, 2.05) is 11.3 Å². The average Bonchev–Trinajstić information content (AvgIpc) is 2.47. The molecule has 68 valence electrons. The van der Waals surface area contributed by atoms with Gasteiger partial charge in [-0.05, 0) is 37.5 Å². The van der Waals surface area contributed by atoms with Gasteiger partial charge in [-0.2, -0.15) is 0 Å². The minimum atomic E-state index is 1.04. The van der Waals surface area contributed by atoms with Crippen LogP contribution >= 0.6 is 11.3 Å². The van der Waals surface area contributed by atoms with E-state index in [1.54, 1.807) is 0 Å². The second-order valence-electron chi connectivity index (χ2n) is 3.39. The minimum Gasteiger partial charge on any atom is -0.241 e. The van der Waals surface area contributed by atoms with Gasteiger partial charge in [-0.1, -0.05) is 13.0 Å². The third-order valence-electron chi connectivity index (χ3n) is 2.17. The fraction of sp³-hybridized carbons (Fsp3) is 0.364. The van der Waals surface area contributed by atoms with Crippen molar-refractivity contribution in [2.75, 3.05) is 0 Å². The van der Waals surface area contributed by atoms with Crippen molar-refractivity contribution in [3.63, 3.8) is 0 Å². The van der Waals surface area contributed by atoms with Crippen LogP contribution < -0.4 is 0 Å². The Hall–Kier alpha value is -0.890. The monoisotopic (exact) mass is 191 g/mol. The van der Waals surface area contributed by atoms with Crippen molar-refractivity contribution < 1.29 is 0 Å². The third-order valence-corrected chi connectivity index (χ3v) is 3.52. The Bertz CT molecular complexity index is 443. The van der Waals surface area contributed by atoms with Crippen molar-refractivity contribution in [1.82, 2.24) is 4.98 Å². The van der Waals surface area contributed by atoms with E-state index in [-0.39, 0.29) is 0 Å². The normalized spacial score (nSPS) is 11.0. The van der Waals surface area contributed by atoms with Crippen LogP contribution in [0.3, 0.4) is 0 Å². The predicted octanol–water partition coefficient (Wildman–Crippen LogP) is 3.48. The van der Waals surface area contributed by atoms with Crippen molar-refractivity contribution in [1.29, 1.82) is 0 Å². The number of hydrogen-bond donors (Lipinski definition) is 0. The van der Waals surface area contributed by atoms with Crippen LogP contribution in [0.5, 0.6) is 0 Å². The van der Waals surface area contributed by atoms with Crippen LogP contribution in [-0.2, 0) is 6.42 Å². The van der Waals surface area contributed by atoms with Crippen LogP contribution in [-0.4, -0.2) is 4.98 Å². The molecule has 1 aromatic carbocycles. The molecule has 0 saturated carbocycles. The van der Waals surface area contributed by atoms with Crippen molar-refractivity contribution in [3.05, 3.63) is 28.3 Å². The highest BCUT2D eigenvalue weighted by Gasteiger charge is 2.04. The summed E-state index contributed by atoms with van der Waals surface area (Å²) in [7, 11) is 0. The zero-order valence-electron chi connectivity index (χ0n) is 8.22. The molecule has 0 fully saturated rings. The lowest BCUT2D eigenvalue weighted by atomic mass is 10.1. The standard InChI is InChI=1S/C11H13NS/c1-4-10-12-9-6-7(2)5-8(3)11(9)13-10/h5-6H,4H2,1-3H3. The summed E-state index contributed by atoms with van der Waals surface area (Å²) in [6.07, 6.45) is 1.04. The van der Waals surface area contributed by atoms with Gasteiger partial charge in [0.2, 0.25) is 0 Å². The highest BCUT2D eigenvalue weighted by atomic mass is 32.1. The van der Waals surface area contributed by atoms with Crippen LogP contribution in [0, 0.1) is 13.8 Å². The fourth-order valence-corrected chi connectivity index (χ4v) is 2.53. The van der Waals surface area contributed by atoms with Gasteiger partial charge >= 0.3 is 0 Å². The maximum atomic E-state index is 4.57. The van der Waals surface area contributed by atoms with E-state index < -0.39 is 0 Å². The number of fused-ring (bicyclic) bond motifs is 1. The average molecular weight is 191 g/mol. The van der Waals surface area contributed by atoms with Gasteiger partial charge in [-0.15, -0.1) is 11.3 Å². The molecule has 1 nitrogen and oxygen atoms in total. The molecule has 2 heteroatoms. The first-order valence-corrected chi connectivity index (χ1v) is 5.39. The summed E-state index contributed by atoms with van der Waals surface area (Å²) in [5.41, 5.74) is 3.82. The Morgan fingerprint density at radius 1 is 1.31 bits per heavy atom. The largest absolute Gasteiger partial charge is 0.241 e. The van der Waals surface area contributed by atoms with E-state index in [4.69, 9.17) is 0 Å². The van der Waals surface area contributed by atoms with Crippen molar-refractivity contribution >= 4 is 21.6 Å². The molecule has 1 aromatic heterocycles. The molecule has 0 aliphatic rings. The molecule has 0 bridgehead atoms. The Balaban J connectivity index is 2.75. The van der Waals surface area contributed by atoms with Gasteiger partial charge in [0, 0.05) is 0 Å². The van der Waals surface area contributed by atoms with Crippen molar-refractivity contribution in [3.8, 4) is 0 Å². The molecule has 0 unspecified atom stereocenters. The zero-order chi connectivity index (χ0) is 9.42. The first kappa shape index (κ1) is 8.70. The van der Waals surface area contributed by atoms with E-state index in [9.17, 15) is 0 Å². The molecule has 0 atom stereocenters. The molecule has 0 radical (unpaired) electrons. The summed E-state index contributed by atoms with van der Waals surface area (Å²) in [5, 5.41) is 1.24. The summed E-state index contributed by atoms with van der Waals surface area (Å²) >= 11 is 1.82. The number of thiazole rings is 1.